The van der Waals surface area contributed by atoms with Gasteiger partial charge in [-0.05, 0) is 55.0 Å². The molecular weight excluding hydrogens is 497 g/mol. The average molecular weight is 520 g/mol. The summed E-state index contributed by atoms with van der Waals surface area (Å²) in [6.45, 7) is 5.62. The first-order valence-corrected chi connectivity index (χ1v) is 11.4. The molecule has 2 aromatic carbocycles. The second-order valence-corrected chi connectivity index (χ2v) is 8.31. The molecule has 192 valence electrons. The molecule has 11 heteroatoms. The lowest BCUT2D eigenvalue weighted by Gasteiger charge is -2.15. The molecule has 1 unspecified atom stereocenters. The van der Waals surface area contributed by atoms with Crippen LogP contribution in [-0.4, -0.2) is 42.1 Å². The molecule has 0 saturated carbocycles. The minimum absolute atomic E-state index is 0.00363. The van der Waals surface area contributed by atoms with E-state index in [0.717, 1.165) is 29.5 Å². The minimum Gasteiger partial charge on any atom is -0.322 e. The van der Waals surface area contributed by atoms with Crippen molar-refractivity contribution in [3.05, 3.63) is 84.0 Å². The molecule has 0 aromatic heterocycles. The maximum Gasteiger partial charge on any atom is 0.494 e. The van der Waals surface area contributed by atoms with Gasteiger partial charge in [-0.2, -0.15) is 17.8 Å². The van der Waals surface area contributed by atoms with Crippen LogP contribution in [0.1, 0.15) is 21.5 Å². The maximum absolute atomic E-state index is 13.6. The Morgan fingerprint density at radius 3 is 2.68 bits per heavy atom. The highest BCUT2D eigenvalue weighted by atomic mass is 19.4. The maximum atomic E-state index is 13.6. The number of benzene rings is 2. The second kappa shape index (κ2) is 11.0. The van der Waals surface area contributed by atoms with Gasteiger partial charge in [0.25, 0.3) is 5.91 Å². The van der Waals surface area contributed by atoms with Crippen LogP contribution in [0.25, 0.3) is 0 Å². The highest BCUT2D eigenvalue weighted by Crippen LogP contribution is 2.36. The van der Waals surface area contributed by atoms with Gasteiger partial charge < -0.3 is 10.6 Å². The number of aliphatic imine (C=N–C) groups is 2. The third kappa shape index (κ3) is 6.22. The molecule has 2 amide bonds. The highest BCUT2D eigenvalue weighted by molar-refractivity contribution is 6.15. The van der Waals surface area contributed by atoms with Crippen molar-refractivity contribution in [3.63, 3.8) is 0 Å². The predicted octanol–water partition coefficient (Wildman–Crippen LogP) is 4.16. The molecule has 0 radical (unpaired) electrons. The second-order valence-electron chi connectivity index (χ2n) is 8.31. The van der Waals surface area contributed by atoms with E-state index in [1.165, 1.54) is 6.07 Å². The van der Waals surface area contributed by atoms with Crippen molar-refractivity contribution in [1.82, 2.24) is 4.67 Å². The molecule has 0 aliphatic carbocycles. The lowest BCUT2D eigenvalue weighted by Crippen LogP contribution is -2.23. The molecule has 38 heavy (non-hydrogen) atoms. The number of alkyl halides is 3. The predicted molar refractivity (Wildman–Crippen MR) is 143 cm³/mol. The Kier molecular flexibility index (Phi) is 7.53. The molecule has 0 saturated heterocycles. The molecule has 2 aromatic rings. The first-order valence-electron chi connectivity index (χ1n) is 11.4. The third-order valence-corrected chi connectivity index (χ3v) is 5.61. The summed E-state index contributed by atoms with van der Waals surface area (Å²) in [5.41, 5.74) is 0.608. The lowest BCUT2D eigenvalue weighted by atomic mass is 10.0. The summed E-state index contributed by atoms with van der Waals surface area (Å²) in [7, 11) is 0. The minimum atomic E-state index is -4.77. The number of anilines is 3. The third-order valence-electron chi connectivity index (χ3n) is 5.61. The average Bonchev–Trinajstić information content (AvgIpc) is 2.90. The summed E-state index contributed by atoms with van der Waals surface area (Å²) in [4.78, 5) is 33.2. The van der Waals surface area contributed by atoms with Crippen LogP contribution < -0.4 is 20.6 Å². The SMILES string of the molecule is C=CC(=O)Nc1ccc(NC(=O)c2ccc(C)c(NC3=[N+]=C=CC(C4C=CC=NC4)=N3)c2)cc1C(F)(F)F. The van der Waals surface area contributed by atoms with E-state index in [0.29, 0.717) is 12.2 Å². The first kappa shape index (κ1) is 26.1. The zero-order valence-corrected chi connectivity index (χ0v) is 20.1. The number of rotatable bonds is 6. The van der Waals surface area contributed by atoms with E-state index in [9.17, 15) is 22.8 Å². The van der Waals surface area contributed by atoms with Crippen LogP contribution in [0.15, 0.2) is 77.3 Å². The van der Waals surface area contributed by atoms with Crippen LogP contribution in [0.5, 0.6) is 0 Å². The molecule has 8 nitrogen and oxygen atoms in total. The molecule has 0 spiro atoms. The number of halogens is 3. The van der Waals surface area contributed by atoms with E-state index in [1.807, 2.05) is 19.1 Å². The number of guanidine groups is 1. The van der Waals surface area contributed by atoms with Crippen LogP contribution in [-0.2, 0) is 11.0 Å². The standard InChI is InChI=1S/C27H21F3N6O2/c1-3-24(37)34-22-9-8-19(14-20(22)27(28,29)30)33-25(38)17-7-6-16(2)23(13-17)36-26-32-12-10-21(35-26)18-5-4-11-31-15-18/h3-11,13-14,18H,1,15H2,2H3,(H2,33,34,37,38)/p+1. The summed E-state index contributed by atoms with van der Waals surface area (Å²) < 4.78 is 44.8. The zero-order chi connectivity index (χ0) is 27.3. The largest absolute Gasteiger partial charge is 0.494 e. The molecule has 2 heterocycles. The van der Waals surface area contributed by atoms with Crippen molar-refractivity contribution < 1.29 is 22.8 Å². The molecule has 1 atom stereocenters. The number of dihydropyridines is 1. The van der Waals surface area contributed by atoms with Crippen molar-refractivity contribution in [1.29, 1.82) is 0 Å². The van der Waals surface area contributed by atoms with Gasteiger partial charge in [-0.25, -0.2) is 5.32 Å². The van der Waals surface area contributed by atoms with Gasteiger partial charge in [0.1, 0.15) is 17.3 Å². The van der Waals surface area contributed by atoms with Crippen molar-refractivity contribution in [2.75, 3.05) is 22.5 Å². The number of allylic oxidation sites excluding steroid dienone is 2. The monoisotopic (exact) mass is 519 g/mol. The van der Waals surface area contributed by atoms with Crippen molar-refractivity contribution in [2.45, 2.75) is 13.1 Å². The Morgan fingerprint density at radius 1 is 1.16 bits per heavy atom. The Balaban J connectivity index is 1.53. The zero-order valence-electron chi connectivity index (χ0n) is 20.1. The number of amides is 2. The highest BCUT2D eigenvalue weighted by Gasteiger charge is 2.34. The van der Waals surface area contributed by atoms with Crippen LogP contribution in [0, 0.1) is 12.8 Å². The molecule has 0 bridgehead atoms. The van der Waals surface area contributed by atoms with Gasteiger partial charge in [0.15, 0.2) is 0 Å². The summed E-state index contributed by atoms with van der Waals surface area (Å²) in [6, 6.07) is 7.87. The van der Waals surface area contributed by atoms with E-state index >= 15 is 0 Å². The number of hydrogen-bond donors (Lipinski definition) is 3. The van der Waals surface area contributed by atoms with Crippen LogP contribution in [0.3, 0.4) is 0 Å². The summed E-state index contributed by atoms with van der Waals surface area (Å²) in [6.07, 6.45) is 3.32. The molecule has 2 aliphatic rings. The Labute approximate surface area is 215 Å². The topological polar surface area (TPSA) is 109 Å². The van der Waals surface area contributed by atoms with Crippen molar-refractivity contribution in [3.8, 4) is 0 Å². The van der Waals surface area contributed by atoms with E-state index in [1.54, 1.807) is 30.5 Å². The van der Waals surface area contributed by atoms with Crippen molar-refractivity contribution in [2.24, 2.45) is 15.9 Å². The fourth-order valence-electron chi connectivity index (χ4n) is 3.63. The Morgan fingerprint density at radius 2 is 1.97 bits per heavy atom. The molecule has 4 rings (SSSR count). The molecule has 2 aliphatic heterocycles. The number of hydrogen-bond acceptors (Lipinski definition) is 5. The Bertz CT molecular complexity index is 1510. The number of nitrogens with one attached hydrogen (secondary N) is 3. The fourth-order valence-corrected chi connectivity index (χ4v) is 3.63. The normalized spacial score (nSPS) is 15.9. The van der Waals surface area contributed by atoms with Crippen LogP contribution >= 0.6 is 0 Å². The molecular formula is C27H22F3N6O2+. The van der Waals surface area contributed by atoms with Crippen LogP contribution in [0.4, 0.5) is 30.2 Å². The van der Waals surface area contributed by atoms with E-state index in [2.05, 4.69) is 43.1 Å². The van der Waals surface area contributed by atoms with Gasteiger partial charge in [0, 0.05) is 17.5 Å². The molecule has 3 N–H and O–H groups in total. The van der Waals surface area contributed by atoms with Gasteiger partial charge in [-0.1, -0.05) is 23.7 Å². The first-order chi connectivity index (χ1) is 18.1. The number of nitrogens with zero attached hydrogens (tertiary/aromatic N) is 3. The van der Waals surface area contributed by atoms with Gasteiger partial charge >= 0.3 is 12.1 Å². The van der Waals surface area contributed by atoms with E-state index < -0.39 is 29.2 Å². The number of aryl methyl sites for hydroxylation is 1. The summed E-state index contributed by atoms with van der Waals surface area (Å²) in [5.74, 6) is 1.66. The van der Waals surface area contributed by atoms with E-state index in [4.69, 9.17) is 0 Å². The van der Waals surface area contributed by atoms with Gasteiger partial charge in [-0.3, -0.25) is 14.6 Å². The van der Waals surface area contributed by atoms with Crippen molar-refractivity contribution >= 4 is 52.6 Å². The van der Waals surface area contributed by atoms with Gasteiger partial charge in [0.2, 0.25) is 5.91 Å². The lowest BCUT2D eigenvalue weighted by molar-refractivity contribution is -0.136. The smallest absolute Gasteiger partial charge is 0.322 e. The molecule has 0 fully saturated rings. The fraction of sp³-hybridized carbons (Fsp3) is 0.148. The summed E-state index contributed by atoms with van der Waals surface area (Å²) >= 11 is 0. The summed E-state index contributed by atoms with van der Waals surface area (Å²) in [5, 5.41) is 7.67. The van der Waals surface area contributed by atoms with E-state index in [-0.39, 0.29) is 23.1 Å². The number of carbonyl (C=O) groups is 2. The van der Waals surface area contributed by atoms with Crippen LogP contribution in [0.2, 0.25) is 0 Å². The number of carbonyl (C=O) groups excluding carboxylic acids is 2. The Hall–Kier alpha value is -4.98. The van der Waals surface area contributed by atoms with Gasteiger partial charge in [0.05, 0.1) is 29.8 Å². The van der Waals surface area contributed by atoms with Gasteiger partial charge in [-0.15, -0.1) is 0 Å². The quantitative estimate of drug-likeness (QED) is 0.394.